The summed E-state index contributed by atoms with van der Waals surface area (Å²) in [7, 11) is 0. The molecule has 10 heteroatoms. The third kappa shape index (κ3) is 6.63. The van der Waals surface area contributed by atoms with Gasteiger partial charge in [0.15, 0.2) is 0 Å². The van der Waals surface area contributed by atoms with E-state index in [1.807, 2.05) is 37.3 Å². The van der Waals surface area contributed by atoms with Crippen molar-refractivity contribution >= 4 is 75.4 Å². The van der Waals surface area contributed by atoms with Gasteiger partial charge in [-0.1, -0.05) is 60.5 Å². The van der Waals surface area contributed by atoms with Crippen molar-refractivity contribution in [3.63, 3.8) is 0 Å². The molecule has 190 valence electrons. The number of benzene rings is 3. The van der Waals surface area contributed by atoms with E-state index in [2.05, 4.69) is 33.2 Å². The Morgan fingerprint density at radius 1 is 1.08 bits per heavy atom. The topological polar surface area (TPSA) is 87.7 Å². The van der Waals surface area contributed by atoms with Gasteiger partial charge in [-0.25, -0.2) is 9.69 Å². The van der Waals surface area contributed by atoms with Gasteiger partial charge < -0.3 is 15.4 Å². The van der Waals surface area contributed by atoms with E-state index < -0.39 is 17.8 Å². The summed E-state index contributed by atoms with van der Waals surface area (Å²) in [5.74, 6) is -0.371. The Labute approximate surface area is 237 Å². The zero-order chi connectivity index (χ0) is 26.5. The summed E-state index contributed by atoms with van der Waals surface area (Å²) in [5.41, 5.74) is 3.28. The number of urea groups is 1. The zero-order valence-corrected chi connectivity index (χ0v) is 23.4. The van der Waals surface area contributed by atoms with Gasteiger partial charge in [-0.15, -0.1) is 0 Å². The monoisotopic (exact) mass is 649 g/mol. The number of hydrogen-bond acceptors (Lipinski definition) is 4. The molecule has 4 rings (SSSR count). The van der Waals surface area contributed by atoms with Gasteiger partial charge in [-0.3, -0.25) is 9.59 Å². The van der Waals surface area contributed by atoms with Crippen LogP contribution in [0, 0.1) is 3.57 Å². The van der Waals surface area contributed by atoms with Crippen LogP contribution in [-0.4, -0.2) is 29.3 Å². The number of anilines is 1. The number of imide groups is 1. The number of hydrogen-bond donors (Lipinski definition) is 2. The number of nitrogens with zero attached hydrogens (tertiary/aromatic N) is 1. The number of carbonyl (C=O) groups is 3. The van der Waals surface area contributed by atoms with E-state index in [9.17, 15) is 14.4 Å². The Kier molecular flexibility index (Phi) is 8.73. The predicted molar refractivity (Wildman–Crippen MR) is 153 cm³/mol. The molecular weight excluding hydrogens is 628 g/mol. The summed E-state index contributed by atoms with van der Waals surface area (Å²) in [4.78, 5) is 38.7. The summed E-state index contributed by atoms with van der Waals surface area (Å²) in [6.07, 6.45) is 2.31. The Morgan fingerprint density at radius 2 is 1.86 bits per heavy atom. The van der Waals surface area contributed by atoms with Gasteiger partial charge in [0.1, 0.15) is 24.6 Å². The number of carbonyl (C=O) groups excluding carboxylic acids is 3. The fourth-order valence-electron chi connectivity index (χ4n) is 3.68. The van der Waals surface area contributed by atoms with Crippen molar-refractivity contribution in [2.45, 2.75) is 20.0 Å². The molecule has 37 heavy (non-hydrogen) atoms. The van der Waals surface area contributed by atoms with Gasteiger partial charge in [0, 0.05) is 5.69 Å². The number of rotatable bonds is 8. The summed E-state index contributed by atoms with van der Waals surface area (Å²) in [6.45, 7) is 1.90. The highest BCUT2D eigenvalue weighted by molar-refractivity contribution is 14.1. The van der Waals surface area contributed by atoms with E-state index in [0.717, 1.165) is 26.0 Å². The minimum Gasteiger partial charge on any atom is -0.488 e. The summed E-state index contributed by atoms with van der Waals surface area (Å²) >= 11 is 14.1. The second-order valence-corrected chi connectivity index (χ2v) is 10.1. The van der Waals surface area contributed by atoms with Gasteiger partial charge in [0.25, 0.3) is 5.91 Å². The van der Waals surface area contributed by atoms with Gasteiger partial charge in [-0.05, 0) is 82.1 Å². The minimum absolute atomic E-state index is 0.0898. The SMILES string of the molecule is CCc1ccccc1NC(=O)CN1C(=O)N/C(=C/c2ccc(OCc3ccc(Cl)c(Cl)c3)c(I)c2)C1=O. The molecule has 7 nitrogen and oxygen atoms in total. The standard InChI is InChI=1S/C27H22Cl2IN3O4/c1-2-18-5-3-4-6-22(18)31-25(34)14-33-26(35)23(32-27(33)36)13-16-8-10-24(21(30)12-16)37-15-17-7-9-19(28)20(29)11-17/h3-13H,2,14-15H2,1H3,(H,31,34)(H,32,36)/b23-13+. The maximum Gasteiger partial charge on any atom is 0.329 e. The van der Waals surface area contributed by atoms with Gasteiger partial charge in [0.2, 0.25) is 5.91 Å². The van der Waals surface area contributed by atoms with E-state index in [1.54, 1.807) is 36.4 Å². The van der Waals surface area contributed by atoms with Gasteiger partial charge >= 0.3 is 6.03 Å². The summed E-state index contributed by atoms with van der Waals surface area (Å²) in [5, 5.41) is 6.26. The molecule has 1 fully saturated rings. The van der Waals surface area contributed by atoms with E-state index in [4.69, 9.17) is 27.9 Å². The molecule has 1 aliphatic rings. The molecule has 2 N–H and O–H groups in total. The van der Waals surface area contributed by atoms with Crippen molar-refractivity contribution in [1.82, 2.24) is 10.2 Å². The first-order valence-corrected chi connectivity index (χ1v) is 13.2. The molecule has 4 amide bonds. The first-order chi connectivity index (χ1) is 17.7. The summed E-state index contributed by atoms with van der Waals surface area (Å²) in [6, 6.07) is 17.4. The number of para-hydroxylation sites is 1. The Balaban J connectivity index is 1.40. The first kappa shape index (κ1) is 27.0. The van der Waals surface area contributed by atoms with Crippen LogP contribution in [0.1, 0.15) is 23.6 Å². The normalized spacial score (nSPS) is 14.2. The highest BCUT2D eigenvalue weighted by Crippen LogP contribution is 2.27. The van der Waals surface area contributed by atoms with E-state index in [-0.39, 0.29) is 12.2 Å². The first-order valence-electron chi connectivity index (χ1n) is 11.3. The molecule has 1 saturated heterocycles. The van der Waals surface area contributed by atoms with E-state index in [0.29, 0.717) is 33.7 Å². The van der Waals surface area contributed by atoms with Gasteiger partial charge in [0.05, 0.1) is 13.6 Å². The molecule has 0 atom stereocenters. The number of aryl methyl sites for hydroxylation is 1. The van der Waals surface area contributed by atoms with Crippen LogP contribution in [0.2, 0.25) is 10.0 Å². The van der Waals surface area contributed by atoms with Crippen LogP contribution in [0.3, 0.4) is 0 Å². The minimum atomic E-state index is -0.647. The third-order valence-corrected chi connectivity index (χ3v) is 7.16. The molecule has 0 aromatic heterocycles. The van der Waals surface area contributed by atoms with Crippen LogP contribution in [0.5, 0.6) is 5.75 Å². The van der Waals surface area contributed by atoms with Crippen LogP contribution < -0.4 is 15.4 Å². The smallest absolute Gasteiger partial charge is 0.329 e. The van der Waals surface area contributed by atoms with Crippen molar-refractivity contribution in [2.24, 2.45) is 0 Å². The fourth-order valence-corrected chi connectivity index (χ4v) is 4.70. The second-order valence-electron chi connectivity index (χ2n) is 8.17. The number of amides is 4. The number of nitrogens with one attached hydrogen (secondary N) is 2. The number of halogens is 3. The maximum atomic E-state index is 12.8. The Bertz CT molecular complexity index is 1410. The molecular formula is C27H22Cl2IN3O4. The highest BCUT2D eigenvalue weighted by atomic mass is 127. The lowest BCUT2D eigenvalue weighted by atomic mass is 10.1. The maximum absolute atomic E-state index is 12.8. The van der Waals surface area contributed by atoms with Crippen LogP contribution in [0.25, 0.3) is 6.08 Å². The lowest BCUT2D eigenvalue weighted by Crippen LogP contribution is -2.38. The van der Waals surface area contributed by atoms with E-state index >= 15 is 0 Å². The average molecular weight is 650 g/mol. The largest absolute Gasteiger partial charge is 0.488 e. The molecule has 1 aliphatic heterocycles. The molecule has 0 aliphatic carbocycles. The Hall–Kier alpha value is -3.08. The number of ether oxygens (including phenoxy) is 1. The highest BCUT2D eigenvalue weighted by Gasteiger charge is 2.35. The van der Waals surface area contributed by atoms with Crippen LogP contribution >= 0.6 is 45.8 Å². The van der Waals surface area contributed by atoms with Crippen LogP contribution in [0.4, 0.5) is 10.5 Å². The summed E-state index contributed by atoms with van der Waals surface area (Å²) < 4.78 is 6.70. The lowest BCUT2D eigenvalue weighted by Gasteiger charge is -2.13. The molecule has 0 bridgehead atoms. The zero-order valence-electron chi connectivity index (χ0n) is 19.7. The van der Waals surface area contributed by atoms with Gasteiger partial charge in [-0.2, -0.15) is 0 Å². The quantitative estimate of drug-likeness (QED) is 0.171. The third-order valence-electron chi connectivity index (χ3n) is 5.58. The molecule has 3 aromatic rings. The molecule has 3 aromatic carbocycles. The molecule has 0 saturated carbocycles. The van der Waals surface area contributed by atoms with Crippen molar-refractivity contribution in [3.8, 4) is 5.75 Å². The van der Waals surface area contributed by atoms with Crippen molar-refractivity contribution < 1.29 is 19.1 Å². The molecule has 0 radical (unpaired) electrons. The van der Waals surface area contributed by atoms with Crippen molar-refractivity contribution in [2.75, 3.05) is 11.9 Å². The lowest BCUT2D eigenvalue weighted by molar-refractivity contribution is -0.127. The second kappa shape index (κ2) is 12.0. The van der Waals surface area contributed by atoms with E-state index in [1.165, 1.54) is 0 Å². The van der Waals surface area contributed by atoms with Crippen LogP contribution in [-0.2, 0) is 22.6 Å². The molecule has 0 unspecified atom stereocenters. The molecule has 0 spiro atoms. The van der Waals surface area contributed by atoms with Crippen molar-refractivity contribution in [1.29, 1.82) is 0 Å². The fraction of sp³-hybridized carbons (Fsp3) is 0.148. The average Bonchev–Trinajstić information content (AvgIpc) is 3.13. The Morgan fingerprint density at radius 3 is 2.59 bits per heavy atom. The van der Waals surface area contributed by atoms with Crippen LogP contribution in [0.15, 0.2) is 66.4 Å². The predicted octanol–water partition coefficient (Wildman–Crippen LogP) is 6.27. The molecule has 1 heterocycles. The van der Waals surface area contributed by atoms with Crippen molar-refractivity contribution in [3.05, 3.63) is 96.7 Å².